The normalized spacial score (nSPS) is 12.6. The van der Waals surface area contributed by atoms with E-state index in [1.54, 1.807) is 6.92 Å². The molecule has 3 nitrogen and oxygen atoms in total. The molecular formula is C20H25NO2. The molecule has 0 bridgehead atoms. The first-order valence-electron chi connectivity index (χ1n) is 7.90. The smallest absolute Gasteiger partial charge is 0.265 e. The van der Waals surface area contributed by atoms with Gasteiger partial charge in [0.25, 0.3) is 5.91 Å². The van der Waals surface area contributed by atoms with E-state index in [2.05, 4.69) is 26.1 Å². The minimum atomic E-state index is -0.559. The number of nitrogens with one attached hydrogen (secondary N) is 1. The maximum atomic E-state index is 12.2. The van der Waals surface area contributed by atoms with E-state index in [0.717, 1.165) is 11.3 Å². The predicted octanol–water partition coefficient (Wildman–Crippen LogP) is 4.70. The molecule has 0 radical (unpaired) electrons. The van der Waals surface area contributed by atoms with Crippen molar-refractivity contribution in [1.82, 2.24) is 0 Å². The fourth-order valence-corrected chi connectivity index (χ4v) is 2.17. The van der Waals surface area contributed by atoms with Crippen LogP contribution in [0.15, 0.2) is 48.5 Å². The molecule has 0 saturated heterocycles. The van der Waals surface area contributed by atoms with Crippen LogP contribution in [0, 0.1) is 6.92 Å². The van der Waals surface area contributed by atoms with Crippen molar-refractivity contribution in [2.24, 2.45) is 0 Å². The molecule has 0 saturated carbocycles. The maximum Gasteiger partial charge on any atom is 0.265 e. The third-order valence-electron chi connectivity index (χ3n) is 3.72. The second-order valence-electron chi connectivity index (χ2n) is 6.89. The van der Waals surface area contributed by atoms with Crippen molar-refractivity contribution in [2.75, 3.05) is 5.32 Å². The van der Waals surface area contributed by atoms with Gasteiger partial charge in [0.2, 0.25) is 0 Å². The fraction of sp³-hybridized carbons (Fsp3) is 0.350. The first-order chi connectivity index (χ1) is 10.8. The van der Waals surface area contributed by atoms with Gasteiger partial charge in [-0.15, -0.1) is 0 Å². The van der Waals surface area contributed by atoms with E-state index in [1.165, 1.54) is 5.56 Å². The molecule has 2 aromatic carbocycles. The van der Waals surface area contributed by atoms with E-state index in [1.807, 2.05) is 55.5 Å². The van der Waals surface area contributed by atoms with Crippen LogP contribution in [0.3, 0.4) is 0 Å². The van der Waals surface area contributed by atoms with Crippen LogP contribution in [-0.4, -0.2) is 12.0 Å². The summed E-state index contributed by atoms with van der Waals surface area (Å²) in [6.45, 7) is 10.3. The Kier molecular flexibility index (Phi) is 5.09. The van der Waals surface area contributed by atoms with Gasteiger partial charge in [0, 0.05) is 5.69 Å². The zero-order valence-corrected chi connectivity index (χ0v) is 14.5. The van der Waals surface area contributed by atoms with Crippen LogP contribution < -0.4 is 10.1 Å². The number of hydrogen-bond acceptors (Lipinski definition) is 2. The number of amides is 1. The number of anilines is 1. The molecule has 3 heteroatoms. The summed E-state index contributed by atoms with van der Waals surface area (Å²) in [5.41, 5.74) is 3.28. The van der Waals surface area contributed by atoms with Crippen molar-refractivity contribution in [3.05, 3.63) is 59.7 Å². The summed E-state index contributed by atoms with van der Waals surface area (Å²) in [6.07, 6.45) is -0.559. The Morgan fingerprint density at radius 1 is 1.00 bits per heavy atom. The number of carbonyl (C=O) groups excluding carboxylic acids is 1. The van der Waals surface area contributed by atoms with Gasteiger partial charge in [-0.3, -0.25) is 4.79 Å². The molecule has 0 unspecified atom stereocenters. The molecule has 23 heavy (non-hydrogen) atoms. The Morgan fingerprint density at radius 2 is 1.57 bits per heavy atom. The maximum absolute atomic E-state index is 12.2. The SMILES string of the molecule is Cc1ccc(NC(=O)[C@H](C)Oc2ccc(C(C)(C)C)cc2)cc1. The third-order valence-corrected chi connectivity index (χ3v) is 3.72. The third kappa shape index (κ3) is 4.85. The summed E-state index contributed by atoms with van der Waals surface area (Å²) in [5.74, 6) is 0.540. The molecule has 1 amide bonds. The van der Waals surface area contributed by atoms with Crippen molar-refractivity contribution in [2.45, 2.75) is 46.1 Å². The molecule has 0 spiro atoms. The molecule has 2 rings (SSSR count). The summed E-state index contributed by atoms with van der Waals surface area (Å²) >= 11 is 0. The monoisotopic (exact) mass is 311 g/mol. The second kappa shape index (κ2) is 6.86. The van der Waals surface area contributed by atoms with E-state index >= 15 is 0 Å². The average molecular weight is 311 g/mol. The van der Waals surface area contributed by atoms with Gasteiger partial charge in [0.15, 0.2) is 6.10 Å². The molecule has 122 valence electrons. The van der Waals surface area contributed by atoms with Gasteiger partial charge < -0.3 is 10.1 Å². The molecule has 0 aliphatic rings. The van der Waals surface area contributed by atoms with Crippen LogP contribution in [0.2, 0.25) is 0 Å². The number of carbonyl (C=O) groups is 1. The van der Waals surface area contributed by atoms with Crippen molar-refractivity contribution < 1.29 is 9.53 Å². The lowest BCUT2D eigenvalue weighted by Gasteiger charge is -2.20. The molecule has 0 aliphatic heterocycles. The van der Waals surface area contributed by atoms with Gasteiger partial charge in [-0.05, 0) is 49.1 Å². The van der Waals surface area contributed by atoms with Crippen LogP contribution in [0.25, 0.3) is 0 Å². The van der Waals surface area contributed by atoms with Crippen LogP contribution in [0.4, 0.5) is 5.69 Å². The molecule has 0 fully saturated rings. The van der Waals surface area contributed by atoms with Crippen molar-refractivity contribution in [3.63, 3.8) is 0 Å². The lowest BCUT2D eigenvalue weighted by molar-refractivity contribution is -0.122. The number of benzene rings is 2. The topological polar surface area (TPSA) is 38.3 Å². The lowest BCUT2D eigenvalue weighted by atomic mass is 9.87. The standard InChI is InChI=1S/C20H25NO2/c1-14-6-10-17(11-7-14)21-19(22)15(2)23-18-12-8-16(9-13-18)20(3,4)5/h6-13,15H,1-5H3,(H,21,22)/t15-/m0/s1. The predicted molar refractivity (Wildman–Crippen MR) is 95.0 cm³/mol. The van der Waals surface area contributed by atoms with E-state index in [0.29, 0.717) is 5.75 Å². The minimum absolute atomic E-state index is 0.104. The largest absolute Gasteiger partial charge is 0.481 e. The molecule has 1 N–H and O–H groups in total. The zero-order chi connectivity index (χ0) is 17.0. The molecule has 0 heterocycles. The summed E-state index contributed by atoms with van der Waals surface area (Å²) in [7, 11) is 0. The number of ether oxygens (including phenoxy) is 1. The van der Waals surface area contributed by atoms with Crippen LogP contribution in [0.5, 0.6) is 5.75 Å². The average Bonchev–Trinajstić information content (AvgIpc) is 2.49. The lowest BCUT2D eigenvalue weighted by Crippen LogP contribution is -2.30. The first-order valence-corrected chi connectivity index (χ1v) is 7.90. The number of hydrogen-bond donors (Lipinski definition) is 1. The highest BCUT2D eigenvalue weighted by Crippen LogP contribution is 2.24. The second-order valence-corrected chi connectivity index (χ2v) is 6.89. The zero-order valence-electron chi connectivity index (χ0n) is 14.5. The Balaban J connectivity index is 1.96. The highest BCUT2D eigenvalue weighted by molar-refractivity contribution is 5.94. The highest BCUT2D eigenvalue weighted by atomic mass is 16.5. The van der Waals surface area contributed by atoms with Gasteiger partial charge in [-0.1, -0.05) is 50.6 Å². The van der Waals surface area contributed by atoms with Gasteiger partial charge in [-0.2, -0.15) is 0 Å². The molecule has 0 aromatic heterocycles. The van der Waals surface area contributed by atoms with Crippen LogP contribution in [-0.2, 0) is 10.2 Å². The Labute approximate surface area is 138 Å². The Morgan fingerprint density at radius 3 is 2.09 bits per heavy atom. The fourth-order valence-electron chi connectivity index (χ4n) is 2.17. The highest BCUT2D eigenvalue weighted by Gasteiger charge is 2.16. The van der Waals surface area contributed by atoms with Crippen molar-refractivity contribution in [3.8, 4) is 5.75 Å². The van der Waals surface area contributed by atoms with Crippen molar-refractivity contribution in [1.29, 1.82) is 0 Å². The van der Waals surface area contributed by atoms with E-state index in [9.17, 15) is 4.79 Å². The van der Waals surface area contributed by atoms with E-state index in [4.69, 9.17) is 4.74 Å². The summed E-state index contributed by atoms with van der Waals surface area (Å²) in [5, 5.41) is 2.86. The van der Waals surface area contributed by atoms with Gasteiger partial charge in [-0.25, -0.2) is 0 Å². The quantitative estimate of drug-likeness (QED) is 0.889. The molecule has 1 atom stereocenters. The van der Waals surface area contributed by atoms with Crippen molar-refractivity contribution >= 4 is 11.6 Å². The summed E-state index contributed by atoms with van der Waals surface area (Å²) in [4.78, 5) is 12.2. The van der Waals surface area contributed by atoms with Crippen LogP contribution >= 0.6 is 0 Å². The minimum Gasteiger partial charge on any atom is -0.481 e. The summed E-state index contributed by atoms with van der Waals surface area (Å²) in [6, 6.07) is 15.6. The Bertz CT molecular complexity index is 652. The number of rotatable bonds is 4. The molecule has 0 aliphatic carbocycles. The van der Waals surface area contributed by atoms with Crippen LogP contribution in [0.1, 0.15) is 38.8 Å². The molecule has 2 aromatic rings. The summed E-state index contributed by atoms with van der Waals surface area (Å²) < 4.78 is 5.73. The number of aryl methyl sites for hydroxylation is 1. The van der Waals surface area contributed by atoms with E-state index in [-0.39, 0.29) is 11.3 Å². The van der Waals surface area contributed by atoms with Gasteiger partial charge in [0.1, 0.15) is 5.75 Å². The van der Waals surface area contributed by atoms with E-state index < -0.39 is 6.10 Å². The van der Waals surface area contributed by atoms with Gasteiger partial charge >= 0.3 is 0 Å². The van der Waals surface area contributed by atoms with Gasteiger partial charge in [0.05, 0.1) is 0 Å². The molecular weight excluding hydrogens is 286 g/mol. The Hall–Kier alpha value is -2.29. The first kappa shape index (κ1) is 17.1.